The number of hydrogen-bond donors (Lipinski definition) is 0. The highest BCUT2D eigenvalue weighted by Crippen LogP contribution is 2.33. The number of ether oxygens (including phenoxy) is 1. The maximum Gasteiger partial charge on any atom is 0.261 e. The highest BCUT2D eigenvalue weighted by Gasteiger charge is 2.32. The molecule has 0 saturated heterocycles. The van der Waals surface area contributed by atoms with Crippen molar-refractivity contribution in [1.29, 1.82) is 0 Å². The third-order valence-electron chi connectivity index (χ3n) is 2.52. The van der Waals surface area contributed by atoms with Crippen LogP contribution in [-0.2, 0) is 4.74 Å². The summed E-state index contributed by atoms with van der Waals surface area (Å²) in [5, 5.41) is 0.673. The van der Waals surface area contributed by atoms with Gasteiger partial charge >= 0.3 is 0 Å². The maximum atomic E-state index is 12.0. The molecule has 13 heavy (non-hydrogen) atoms. The average molecular weight is 257 g/mol. The van der Waals surface area contributed by atoms with Crippen molar-refractivity contribution in [2.45, 2.75) is 44.1 Å². The molecule has 1 nitrogen and oxygen atoms in total. The molecule has 0 aromatic carbocycles. The van der Waals surface area contributed by atoms with Crippen LogP contribution in [-0.4, -0.2) is 24.0 Å². The Bertz CT molecular complexity index is 147. The van der Waals surface area contributed by atoms with E-state index in [2.05, 4.69) is 15.9 Å². The summed E-state index contributed by atoms with van der Waals surface area (Å²) in [6.07, 6.45) is 2.85. The first-order chi connectivity index (χ1) is 6.18. The average Bonchev–Trinajstić information content (AvgIpc) is 2.16. The summed E-state index contributed by atoms with van der Waals surface area (Å²) in [6.45, 7) is -0.425. The Morgan fingerprint density at radius 2 is 1.85 bits per heavy atom. The van der Waals surface area contributed by atoms with Gasteiger partial charge < -0.3 is 4.74 Å². The van der Waals surface area contributed by atoms with Gasteiger partial charge in [-0.3, -0.25) is 0 Å². The van der Waals surface area contributed by atoms with Crippen LogP contribution in [0.15, 0.2) is 0 Å². The number of alkyl halides is 3. The van der Waals surface area contributed by atoms with E-state index in [4.69, 9.17) is 4.74 Å². The van der Waals surface area contributed by atoms with Gasteiger partial charge in [0, 0.05) is 5.33 Å². The number of rotatable bonds is 4. The topological polar surface area (TPSA) is 9.23 Å². The van der Waals surface area contributed by atoms with Crippen LogP contribution in [0.5, 0.6) is 0 Å². The molecule has 1 fully saturated rings. The molecule has 0 aliphatic heterocycles. The quantitative estimate of drug-likeness (QED) is 0.701. The van der Waals surface area contributed by atoms with Crippen molar-refractivity contribution in [3.05, 3.63) is 0 Å². The summed E-state index contributed by atoms with van der Waals surface area (Å²) in [6, 6.07) is 0. The number of halogens is 3. The van der Waals surface area contributed by atoms with Crippen molar-refractivity contribution in [2.75, 3.05) is 11.9 Å². The lowest BCUT2D eigenvalue weighted by Gasteiger charge is -2.35. The summed E-state index contributed by atoms with van der Waals surface area (Å²) >= 11 is 3.35. The van der Waals surface area contributed by atoms with E-state index in [1.165, 1.54) is 6.42 Å². The van der Waals surface area contributed by atoms with E-state index in [1.54, 1.807) is 0 Å². The lowest BCUT2D eigenvalue weighted by Crippen LogP contribution is -2.38. The van der Waals surface area contributed by atoms with E-state index in [0.717, 1.165) is 25.7 Å². The zero-order chi connectivity index (χ0) is 9.73. The lowest BCUT2D eigenvalue weighted by atomic mass is 9.86. The molecule has 0 aromatic rings. The fourth-order valence-electron chi connectivity index (χ4n) is 1.75. The lowest BCUT2D eigenvalue weighted by molar-refractivity contribution is -0.0924. The van der Waals surface area contributed by atoms with Crippen LogP contribution in [0.4, 0.5) is 8.78 Å². The minimum Gasteiger partial charge on any atom is -0.368 e. The van der Waals surface area contributed by atoms with Gasteiger partial charge in [0.1, 0.15) is 6.61 Å². The molecule has 1 aliphatic rings. The molecule has 0 amide bonds. The van der Waals surface area contributed by atoms with Crippen LogP contribution in [0.1, 0.15) is 32.1 Å². The zero-order valence-electron chi connectivity index (χ0n) is 7.57. The molecule has 0 bridgehead atoms. The molecule has 0 radical (unpaired) electrons. The second-order valence-electron chi connectivity index (χ2n) is 3.58. The van der Waals surface area contributed by atoms with Crippen LogP contribution in [0.2, 0.25) is 0 Å². The third kappa shape index (κ3) is 3.50. The Morgan fingerprint density at radius 3 is 2.31 bits per heavy atom. The smallest absolute Gasteiger partial charge is 0.261 e. The molecule has 1 rings (SSSR count). The fourth-order valence-corrected chi connectivity index (χ4v) is 2.48. The Kier molecular flexibility index (Phi) is 4.59. The highest BCUT2D eigenvalue weighted by atomic mass is 79.9. The predicted molar refractivity (Wildman–Crippen MR) is 51.6 cm³/mol. The van der Waals surface area contributed by atoms with E-state index < -0.39 is 13.0 Å². The molecular weight excluding hydrogens is 242 g/mol. The SMILES string of the molecule is FC(F)COC1(CBr)CCCCC1. The molecule has 0 heterocycles. The van der Waals surface area contributed by atoms with E-state index in [-0.39, 0.29) is 5.60 Å². The van der Waals surface area contributed by atoms with Crippen LogP contribution < -0.4 is 0 Å². The Labute approximate surface area is 86.0 Å². The first kappa shape index (κ1) is 11.4. The van der Waals surface area contributed by atoms with Crippen molar-refractivity contribution in [1.82, 2.24) is 0 Å². The molecule has 4 heteroatoms. The zero-order valence-corrected chi connectivity index (χ0v) is 9.16. The molecule has 0 aromatic heterocycles. The molecule has 1 aliphatic carbocycles. The summed E-state index contributed by atoms with van der Waals surface area (Å²) in [5.74, 6) is 0. The van der Waals surface area contributed by atoms with Crippen LogP contribution in [0.25, 0.3) is 0 Å². The maximum absolute atomic E-state index is 12.0. The Balaban J connectivity index is 2.38. The standard InChI is InChI=1S/C9H15BrF2O/c10-7-9(13-6-8(11)12)4-2-1-3-5-9/h8H,1-7H2. The molecule has 0 atom stereocenters. The first-order valence-electron chi connectivity index (χ1n) is 4.67. The van der Waals surface area contributed by atoms with Gasteiger partial charge in [-0.05, 0) is 12.8 Å². The molecular formula is C9H15BrF2O. The summed E-state index contributed by atoms with van der Waals surface area (Å²) in [7, 11) is 0. The molecule has 1 saturated carbocycles. The third-order valence-corrected chi connectivity index (χ3v) is 3.55. The van der Waals surface area contributed by atoms with Crippen molar-refractivity contribution in [3.63, 3.8) is 0 Å². The van der Waals surface area contributed by atoms with E-state index >= 15 is 0 Å². The number of hydrogen-bond acceptors (Lipinski definition) is 1. The summed E-state index contributed by atoms with van der Waals surface area (Å²) < 4.78 is 29.2. The van der Waals surface area contributed by atoms with Gasteiger partial charge in [-0.2, -0.15) is 0 Å². The van der Waals surface area contributed by atoms with E-state index in [9.17, 15) is 8.78 Å². The second kappa shape index (κ2) is 5.25. The summed E-state index contributed by atoms with van der Waals surface area (Å²) in [5.41, 5.74) is -0.311. The Hall–Kier alpha value is 0.300. The van der Waals surface area contributed by atoms with Gasteiger partial charge in [-0.25, -0.2) is 8.78 Å². The van der Waals surface area contributed by atoms with Gasteiger partial charge in [0.25, 0.3) is 6.43 Å². The van der Waals surface area contributed by atoms with Gasteiger partial charge in [0.2, 0.25) is 0 Å². The first-order valence-corrected chi connectivity index (χ1v) is 5.79. The monoisotopic (exact) mass is 256 g/mol. The van der Waals surface area contributed by atoms with E-state index in [0.29, 0.717) is 5.33 Å². The van der Waals surface area contributed by atoms with Gasteiger partial charge in [-0.1, -0.05) is 35.2 Å². The second-order valence-corrected chi connectivity index (χ2v) is 4.14. The summed E-state index contributed by atoms with van der Waals surface area (Å²) in [4.78, 5) is 0. The minimum absolute atomic E-state index is 0.311. The normalized spacial score (nSPS) is 22.2. The van der Waals surface area contributed by atoms with Crippen molar-refractivity contribution < 1.29 is 13.5 Å². The molecule has 0 unspecified atom stereocenters. The molecule has 78 valence electrons. The minimum atomic E-state index is -2.35. The fraction of sp³-hybridized carbons (Fsp3) is 1.00. The van der Waals surface area contributed by atoms with Crippen molar-refractivity contribution in [3.8, 4) is 0 Å². The molecule has 0 N–H and O–H groups in total. The van der Waals surface area contributed by atoms with E-state index in [1.807, 2.05) is 0 Å². The van der Waals surface area contributed by atoms with Crippen LogP contribution in [0, 0.1) is 0 Å². The van der Waals surface area contributed by atoms with Crippen LogP contribution >= 0.6 is 15.9 Å². The van der Waals surface area contributed by atoms with Gasteiger partial charge in [0.15, 0.2) is 0 Å². The molecule has 0 spiro atoms. The van der Waals surface area contributed by atoms with Gasteiger partial charge in [0.05, 0.1) is 5.60 Å². The van der Waals surface area contributed by atoms with Crippen molar-refractivity contribution >= 4 is 15.9 Å². The Morgan fingerprint density at radius 1 is 1.23 bits per heavy atom. The highest BCUT2D eigenvalue weighted by molar-refractivity contribution is 9.09. The predicted octanol–water partition coefficient (Wildman–Crippen LogP) is 3.37. The van der Waals surface area contributed by atoms with Crippen LogP contribution in [0.3, 0.4) is 0 Å². The van der Waals surface area contributed by atoms with Gasteiger partial charge in [-0.15, -0.1) is 0 Å². The largest absolute Gasteiger partial charge is 0.368 e. The van der Waals surface area contributed by atoms with Crippen molar-refractivity contribution in [2.24, 2.45) is 0 Å².